The molecule has 0 aliphatic rings. The molecule has 0 aliphatic carbocycles. The van der Waals surface area contributed by atoms with E-state index in [-0.39, 0.29) is 14.9 Å². The van der Waals surface area contributed by atoms with Crippen molar-refractivity contribution < 1.29 is 13.2 Å². The van der Waals surface area contributed by atoms with E-state index in [2.05, 4.69) is 12.6 Å². The second kappa shape index (κ2) is 3.59. The summed E-state index contributed by atoms with van der Waals surface area (Å²) in [5, 5.41) is -0.0774. The van der Waals surface area contributed by atoms with E-state index in [0.29, 0.717) is 0 Å². The second-order valence-corrected chi connectivity index (χ2v) is 3.58. The summed E-state index contributed by atoms with van der Waals surface area (Å²) in [5.41, 5.74) is -0.884. The fourth-order valence-electron chi connectivity index (χ4n) is 0.763. The van der Waals surface area contributed by atoms with Crippen LogP contribution in [0.2, 0.25) is 10.0 Å². The largest absolute Gasteiger partial charge is 0.417 e. The van der Waals surface area contributed by atoms with Gasteiger partial charge in [0.05, 0.1) is 15.6 Å². The molecular weight excluding hydrogens is 244 g/mol. The maximum Gasteiger partial charge on any atom is 0.417 e. The zero-order valence-electron chi connectivity index (χ0n) is 5.99. The number of thiol groups is 1. The highest BCUT2D eigenvalue weighted by Gasteiger charge is 2.33. The highest BCUT2D eigenvalue weighted by Crippen LogP contribution is 2.37. The van der Waals surface area contributed by atoms with Crippen LogP contribution < -0.4 is 0 Å². The lowest BCUT2D eigenvalue weighted by Gasteiger charge is -2.10. The van der Waals surface area contributed by atoms with Crippen molar-refractivity contribution in [1.82, 2.24) is 0 Å². The number of hydrogen-bond donors (Lipinski definition) is 1. The molecule has 0 saturated carbocycles. The number of alkyl halides is 3. The average molecular weight is 247 g/mol. The van der Waals surface area contributed by atoms with Crippen molar-refractivity contribution in [3.8, 4) is 0 Å². The molecule has 0 saturated heterocycles. The van der Waals surface area contributed by atoms with E-state index in [9.17, 15) is 13.2 Å². The first kappa shape index (κ1) is 11.0. The van der Waals surface area contributed by atoms with Crippen LogP contribution in [0.3, 0.4) is 0 Å². The molecule has 0 unspecified atom stereocenters. The topological polar surface area (TPSA) is 0 Å². The quantitative estimate of drug-likeness (QED) is 0.649. The second-order valence-electron chi connectivity index (χ2n) is 2.28. The predicted octanol–water partition coefficient (Wildman–Crippen LogP) is 4.30. The zero-order valence-corrected chi connectivity index (χ0v) is 8.40. The van der Waals surface area contributed by atoms with Crippen LogP contribution in [0.4, 0.5) is 13.2 Å². The molecule has 0 spiro atoms. The Kier molecular flexibility index (Phi) is 3.05. The molecular formula is C7H3Cl2F3S. The van der Waals surface area contributed by atoms with Crippen molar-refractivity contribution in [2.24, 2.45) is 0 Å². The first-order valence-corrected chi connectivity index (χ1v) is 4.28. The van der Waals surface area contributed by atoms with Gasteiger partial charge < -0.3 is 0 Å². The van der Waals surface area contributed by atoms with E-state index in [4.69, 9.17) is 23.2 Å². The SMILES string of the molecule is FC(F)(F)c1cc(Cl)c(Cl)cc1S. The Morgan fingerprint density at radius 3 is 2.00 bits per heavy atom. The fraction of sp³-hybridized carbons (Fsp3) is 0.143. The molecule has 6 heteroatoms. The Bertz CT molecular complexity index is 335. The standard InChI is InChI=1S/C7H3Cl2F3S/c8-4-1-3(7(10,11)12)6(13)2-5(4)9/h1-2,13H. The van der Waals surface area contributed by atoms with Crippen molar-refractivity contribution in [2.75, 3.05) is 0 Å². The van der Waals surface area contributed by atoms with E-state index in [1.54, 1.807) is 0 Å². The van der Waals surface area contributed by atoms with E-state index in [0.717, 1.165) is 12.1 Å². The van der Waals surface area contributed by atoms with Gasteiger partial charge in [-0.15, -0.1) is 12.6 Å². The molecule has 72 valence electrons. The third-order valence-corrected chi connectivity index (χ3v) is 2.44. The molecule has 0 aromatic heterocycles. The molecule has 0 radical (unpaired) electrons. The summed E-state index contributed by atoms with van der Waals surface area (Å²) in [5.74, 6) is 0. The van der Waals surface area contributed by atoms with E-state index >= 15 is 0 Å². The minimum atomic E-state index is -4.45. The van der Waals surface area contributed by atoms with Crippen LogP contribution in [-0.2, 0) is 6.18 Å². The first-order chi connectivity index (χ1) is 5.82. The molecule has 0 fully saturated rings. The molecule has 1 aromatic carbocycles. The van der Waals surface area contributed by atoms with Crippen LogP contribution in [0.15, 0.2) is 17.0 Å². The summed E-state index contributed by atoms with van der Waals surface area (Å²) >= 11 is 14.6. The van der Waals surface area contributed by atoms with Gasteiger partial charge in [-0.1, -0.05) is 23.2 Å². The lowest BCUT2D eigenvalue weighted by molar-refractivity contribution is -0.139. The van der Waals surface area contributed by atoms with Gasteiger partial charge in [0, 0.05) is 4.90 Å². The van der Waals surface area contributed by atoms with Crippen LogP contribution in [0, 0.1) is 0 Å². The van der Waals surface area contributed by atoms with Crippen LogP contribution in [0.1, 0.15) is 5.56 Å². The lowest BCUT2D eigenvalue weighted by atomic mass is 10.2. The molecule has 13 heavy (non-hydrogen) atoms. The van der Waals surface area contributed by atoms with E-state index in [1.807, 2.05) is 0 Å². The Morgan fingerprint density at radius 1 is 1.08 bits per heavy atom. The number of hydrogen-bond acceptors (Lipinski definition) is 1. The van der Waals surface area contributed by atoms with Gasteiger partial charge in [0.25, 0.3) is 0 Å². The van der Waals surface area contributed by atoms with Crippen molar-refractivity contribution in [3.05, 3.63) is 27.7 Å². The minimum Gasteiger partial charge on any atom is -0.166 e. The molecule has 0 atom stereocenters. The Hall–Kier alpha value is -0.0600. The van der Waals surface area contributed by atoms with Crippen molar-refractivity contribution >= 4 is 35.8 Å². The van der Waals surface area contributed by atoms with Gasteiger partial charge in [-0.25, -0.2) is 0 Å². The van der Waals surface area contributed by atoms with Crippen LogP contribution in [0.25, 0.3) is 0 Å². The van der Waals surface area contributed by atoms with Gasteiger partial charge in [-0.3, -0.25) is 0 Å². The summed E-state index contributed by atoms with van der Waals surface area (Å²) in [7, 11) is 0. The van der Waals surface area contributed by atoms with Crippen molar-refractivity contribution in [2.45, 2.75) is 11.1 Å². The van der Waals surface area contributed by atoms with Gasteiger partial charge in [-0.05, 0) is 12.1 Å². The molecule has 1 rings (SSSR count). The Balaban J connectivity index is 3.32. The lowest BCUT2D eigenvalue weighted by Crippen LogP contribution is -2.06. The van der Waals surface area contributed by atoms with Crippen LogP contribution in [-0.4, -0.2) is 0 Å². The molecule has 0 N–H and O–H groups in total. The maximum absolute atomic E-state index is 12.2. The van der Waals surface area contributed by atoms with E-state index < -0.39 is 11.7 Å². The monoisotopic (exact) mass is 246 g/mol. The number of halogens is 5. The van der Waals surface area contributed by atoms with Crippen molar-refractivity contribution in [3.63, 3.8) is 0 Å². The molecule has 0 aliphatic heterocycles. The minimum absolute atomic E-state index is 0.0552. The number of rotatable bonds is 0. The Labute approximate surface area is 88.1 Å². The first-order valence-electron chi connectivity index (χ1n) is 3.07. The van der Waals surface area contributed by atoms with Gasteiger partial charge in [0.15, 0.2) is 0 Å². The van der Waals surface area contributed by atoms with E-state index in [1.165, 1.54) is 0 Å². The molecule has 1 aromatic rings. The molecule has 0 heterocycles. The molecule has 0 nitrogen and oxygen atoms in total. The highest BCUT2D eigenvalue weighted by atomic mass is 35.5. The highest BCUT2D eigenvalue weighted by molar-refractivity contribution is 7.80. The number of benzene rings is 1. The van der Waals surface area contributed by atoms with Crippen LogP contribution in [0.5, 0.6) is 0 Å². The predicted molar refractivity (Wildman–Crippen MR) is 48.7 cm³/mol. The summed E-state index contributed by atoms with van der Waals surface area (Å²) in [6.45, 7) is 0. The van der Waals surface area contributed by atoms with Gasteiger partial charge in [0.2, 0.25) is 0 Å². The third kappa shape index (κ3) is 2.45. The van der Waals surface area contributed by atoms with Gasteiger partial charge >= 0.3 is 6.18 Å². The Morgan fingerprint density at radius 2 is 1.54 bits per heavy atom. The van der Waals surface area contributed by atoms with Crippen molar-refractivity contribution in [1.29, 1.82) is 0 Å². The smallest absolute Gasteiger partial charge is 0.166 e. The van der Waals surface area contributed by atoms with Crippen LogP contribution >= 0.6 is 35.8 Å². The normalized spacial score (nSPS) is 11.8. The summed E-state index contributed by atoms with van der Waals surface area (Å²) < 4.78 is 36.6. The fourth-order valence-corrected chi connectivity index (χ4v) is 1.49. The third-order valence-electron chi connectivity index (χ3n) is 1.34. The molecule has 0 amide bonds. The molecule has 0 bridgehead atoms. The maximum atomic E-state index is 12.2. The summed E-state index contributed by atoms with van der Waals surface area (Å²) in [4.78, 5) is -0.234. The summed E-state index contributed by atoms with van der Waals surface area (Å²) in [6, 6.07) is 1.82. The zero-order chi connectivity index (χ0) is 10.2. The van der Waals surface area contributed by atoms with Gasteiger partial charge in [-0.2, -0.15) is 13.2 Å². The summed E-state index contributed by atoms with van der Waals surface area (Å²) in [6.07, 6.45) is -4.45. The average Bonchev–Trinajstić information content (AvgIpc) is 1.94. The van der Waals surface area contributed by atoms with Gasteiger partial charge in [0.1, 0.15) is 0 Å².